The molecule has 3 aliphatic heterocycles. The summed E-state index contributed by atoms with van der Waals surface area (Å²) in [4.78, 5) is 13.1. The molecule has 0 aromatic heterocycles. The smallest absolute Gasteiger partial charge is 0.220 e. The number of amides is 1. The van der Waals surface area contributed by atoms with Crippen molar-refractivity contribution in [2.75, 3.05) is 26.4 Å². The molecule has 12 N–H and O–H groups in total. The molecule has 0 aliphatic carbocycles. The van der Waals surface area contributed by atoms with Gasteiger partial charge >= 0.3 is 0 Å². The van der Waals surface area contributed by atoms with Gasteiger partial charge in [-0.05, 0) is 32.1 Å². The zero-order valence-electron chi connectivity index (χ0n) is 43.4. The molecular formula is C53H97NO18. The van der Waals surface area contributed by atoms with E-state index in [1.165, 1.54) is 89.9 Å². The second-order valence-electron chi connectivity index (χ2n) is 20.0. The average molecular weight is 1040 g/mol. The number of carbonyl (C=O) groups is 1. The Hall–Kier alpha value is -1.73. The van der Waals surface area contributed by atoms with Crippen LogP contribution in [0.25, 0.3) is 0 Å². The van der Waals surface area contributed by atoms with Gasteiger partial charge in [0.25, 0.3) is 0 Å². The van der Waals surface area contributed by atoms with E-state index in [4.69, 9.17) is 28.4 Å². The summed E-state index contributed by atoms with van der Waals surface area (Å²) in [6.07, 6.45) is 9.46. The number of hydrogen-bond acceptors (Lipinski definition) is 18. The van der Waals surface area contributed by atoms with Gasteiger partial charge in [-0.15, -0.1) is 0 Å². The summed E-state index contributed by atoms with van der Waals surface area (Å²) in [5, 5.41) is 119. The fraction of sp³-hybridized carbons (Fsp3) is 0.906. The Kier molecular flexibility index (Phi) is 34.0. The second-order valence-corrected chi connectivity index (χ2v) is 20.0. The van der Waals surface area contributed by atoms with E-state index in [1.807, 2.05) is 6.08 Å². The van der Waals surface area contributed by atoms with Crippen LogP contribution in [-0.4, -0.2) is 193 Å². The number of nitrogens with one attached hydrogen (secondary N) is 1. The molecule has 1 amide bonds. The molecule has 3 rings (SSSR count). The molecule has 19 heteroatoms. The number of carbonyl (C=O) groups excluding carboxylic acids is 1. The lowest BCUT2D eigenvalue weighted by atomic mass is 9.96. The third kappa shape index (κ3) is 22.9. The van der Waals surface area contributed by atoms with Gasteiger partial charge in [0.05, 0.1) is 38.6 Å². The predicted octanol–water partition coefficient (Wildman–Crippen LogP) is 3.20. The molecule has 0 spiro atoms. The maximum absolute atomic E-state index is 13.1. The van der Waals surface area contributed by atoms with Crippen LogP contribution in [0.3, 0.4) is 0 Å². The van der Waals surface area contributed by atoms with Crippen molar-refractivity contribution in [1.82, 2.24) is 5.32 Å². The van der Waals surface area contributed by atoms with Crippen LogP contribution < -0.4 is 5.32 Å². The van der Waals surface area contributed by atoms with E-state index in [1.54, 1.807) is 6.08 Å². The summed E-state index contributed by atoms with van der Waals surface area (Å²) in [5.74, 6) is -0.296. The molecule has 0 saturated carbocycles. The van der Waals surface area contributed by atoms with E-state index in [2.05, 4.69) is 31.3 Å². The van der Waals surface area contributed by atoms with Gasteiger partial charge in [-0.3, -0.25) is 4.79 Å². The lowest BCUT2D eigenvalue weighted by molar-refractivity contribution is -0.379. The molecule has 72 heavy (non-hydrogen) atoms. The van der Waals surface area contributed by atoms with Crippen LogP contribution in [0.15, 0.2) is 24.3 Å². The highest BCUT2D eigenvalue weighted by Gasteiger charge is 2.53. The molecule has 0 aromatic carbocycles. The van der Waals surface area contributed by atoms with E-state index in [-0.39, 0.29) is 18.9 Å². The molecular weight excluding hydrogens is 939 g/mol. The van der Waals surface area contributed by atoms with Crippen molar-refractivity contribution in [2.45, 2.75) is 279 Å². The third-order valence-electron chi connectivity index (χ3n) is 14.0. The van der Waals surface area contributed by atoms with Crippen LogP contribution in [0.5, 0.6) is 0 Å². The minimum absolute atomic E-state index is 0.234. The van der Waals surface area contributed by atoms with Gasteiger partial charge < -0.3 is 89.9 Å². The van der Waals surface area contributed by atoms with Gasteiger partial charge in [-0.1, -0.05) is 160 Å². The van der Waals surface area contributed by atoms with Crippen LogP contribution >= 0.6 is 0 Å². The first-order valence-corrected chi connectivity index (χ1v) is 27.6. The normalized spacial score (nSPS) is 32.2. The molecule has 3 saturated heterocycles. The SMILES string of the molecule is CCCCCCCCCCCCCCCCC/C=C/CC/C=C/C(O)C(COC1OC(CO)C(OC2OC(CO)C(OC3OC(CO)C(O)C(O)C3O)C(O)C2O)C(O)C1O)NC(=O)CCCCCCCC. The highest BCUT2D eigenvalue weighted by Crippen LogP contribution is 2.33. The summed E-state index contributed by atoms with van der Waals surface area (Å²) in [6.45, 7) is 1.61. The number of aliphatic hydroxyl groups excluding tert-OH is 11. The third-order valence-corrected chi connectivity index (χ3v) is 14.0. The number of ether oxygens (including phenoxy) is 6. The molecule has 3 heterocycles. The lowest BCUT2D eigenvalue weighted by Gasteiger charge is -2.48. The molecule has 422 valence electrons. The van der Waals surface area contributed by atoms with Crippen molar-refractivity contribution in [3.05, 3.63) is 24.3 Å². The zero-order valence-corrected chi connectivity index (χ0v) is 43.4. The number of aliphatic hydroxyl groups is 11. The highest BCUT2D eigenvalue weighted by atomic mass is 16.8. The Morgan fingerprint density at radius 1 is 0.486 bits per heavy atom. The monoisotopic (exact) mass is 1040 g/mol. The van der Waals surface area contributed by atoms with E-state index >= 15 is 0 Å². The first kappa shape index (κ1) is 64.6. The van der Waals surface area contributed by atoms with Crippen LogP contribution in [-0.2, 0) is 33.2 Å². The topological polar surface area (TPSA) is 307 Å². The highest BCUT2D eigenvalue weighted by molar-refractivity contribution is 5.76. The zero-order chi connectivity index (χ0) is 52.7. The first-order valence-electron chi connectivity index (χ1n) is 27.6. The molecule has 17 unspecified atom stereocenters. The number of rotatable bonds is 39. The molecule has 19 nitrogen and oxygen atoms in total. The standard InChI is InChI=1S/C53H97NO18/c1-3-5-7-9-11-12-13-14-15-16-17-18-19-20-21-22-23-24-25-26-28-30-37(58)36(54-41(59)31-29-27-10-8-6-4-2)35-67-51-47(65)44(62)49(39(33-56)69-51)72-53-48(66)45(63)50(40(34-57)70-53)71-52-46(64)43(61)42(60)38(32-55)68-52/h23-24,28,30,36-40,42-53,55-58,60-66H,3-22,25-27,29,31-35H2,1-2H3,(H,54,59)/b24-23+,30-28+. The molecule has 0 radical (unpaired) electrons. The van der Waals surface area contributed by atoms with Crippen molar-refractivity contribution in [2.24, 2.45) is 0 Å². The molecule has 3 fully saturated rings. The van der Waals surface area contributed by atoms with Crippen LogP contribution in [0, 0.1) is 0 Å². The minimum Gasteiger partial charge on any atom is -0.394 e. The van der Waals surface area contributed by atoms with Gasteiger partial charge in [-0.25, -0.2) is 0 Å². The van der Waals surface area contributed by atoms with Crippen molar-refractivity contribution in [1.29, 1.82) is 0 Å². The van der Waals surface area contributed by atoms with Gasteiger partial charge in [0, 0.05) is 6.42 Å². The van der Waals surface area contributed by atoms with E-state index in [9.17, 15) is 61.0 Å². The summed E-state index contributed by atoms with van der Waals surface area (Å²) in [5.41, 5.74) is 0. The van der Waals surface area contributed by atoms with Crippen molar-refractivity contribution in [3.8, 4) is 0 Å². The van der Waals surface area contributed by atoms with E-state index in [0.29, 0.717) is 12.8 Å². The fourth-order valence-corrected chi connectivity index (χ4v) is 9.38. The van der Waals surface area contributed by atoms with Gasteiger partial charge in [0.1, 0.15) is 73.2 Å². The van der Waals surface area contributed by atoms with E-state index < -0.39 is 124 Å². The Bertz CT molecular complexity index is 1430. The van der Waals surface area contributed by atoms with E-state index in [0.717, 1.165) is 51.4 Å². The summed E-state index contributed by atoms with van der Waals surface area (Å²) >= 11 is 0. The Balaban J connectivity index is 1.49. The Morgan fingerprint density at radius 3 is 1.39 bits per heavy atom. The maximum atomic E-state index is 13.1. The largest absolute Gasteiger partial charge is 0.394 e. The number of allylic oxidation sites excluding steroid dienone is 3. The van der Waals surface area contributed by atoms with Crippen LogP contribution in [0.4, 0.5) is 0 Å². The molecule has 17 atom stereocenters. The Morgan fingerprint density at radius 2 is 0.889 bits per heavy atom. The first-order chi connectivity index (χ1) is 34.8. The Labute approximate surface area is 428 Å². The summed E-state index contributed by atoms with van der Waals surface area (Å²) < 4.78 is 34.0. The number of unbranched alkanes of at least 4 members (excludes halogenated alkanes) is 21. The minimum atomic E-state index is -1.98. The van der Waals surface area contributed by atoms with Gasteiger partial charge in [0.2, 0.25) is 5.91 Å². The summed E-state index contributed by atoms with van der Waals surface area (Å²) in [7, 11) is 0. The maximum Gasteiger partial charge on any atom is 0.220 e. The summed E-state index contributed by atoms with van der Waals surface area (Å²) in [6, 6.07) is -0.982. The lowest BCUT2D eigenvalue weighted by Crippen LogP contribution is -2.66. The molecule has 0 bridgehead atoms. The molecule has 0 aromatic rings. The van der Waals surface area contributed by atoms with Crippen molar-refractivity contribution < 1.29 is 89.4 Å². The van der Waals surface area contributed by atoms with Crippen molar-refractivity contribution >= 4 is 5.91 Å². The van der Waals surface area contributed by atoms with Gasteiger partial charge in [0.15, 0.2) is 18.9 Å². The van der Waals surface area contributed by atoms with Crippen molar-refractivity contribution in [3.63, 3.8) is 0 Å². The van der Waals surface area contributed by atoms with Crippen LogP contribution in [0.2, 0.25) is 0 Å². The second kappa shape index (κ2) is 37.9. The predicted molar refractivity (Wildman–Crippen MR) is 268 cm³/mol. The quantitative estimate of drug-likeness (QED) is 0.0311. The average Bonchev–Trinajstić information content (AvgIpc) is 3.38. The van der Waals surface area contributed by atoms with Crippen LogP contribution in [0.1, 0.15) is 174 Å². The van der Waals surface area contributed by atoms with Gasteiger partial charge in [-0.2, -0.15) is 0 Å². The number of hydrogen-bond donors (Lipinski definition) is 12. The fourth-order valence-electron chi connectivity index (χ4n) is 9.38. The molecule has 3 aliphatic rings.